The molecule has 0 atom stereocenters. The Balaban J connectivity index is 1.81. The van der Waals surface area contributed by atoms with Crippen LogP contribution in [0.3, 0.4) is 0 Å². The quantitative estimate of drug-likeness (QED) is 0.707. The normalized spacial score (nSPS) is 14.2. The maximum Gasteiger partial charge on any atom is 0.137 e. The average Bonchev–Trinajstić information content (AvgIpc) is 3.26. The Kier molecular flexibility index (Phi) is 4.62. The molecule has 0 spiro atoms. The van der Waals surface area contributed by atoms with Crippen molar-refractivity contribution in [2.24, 2.45) is 0 Å². The minimum Gasteiger partial charge on any atom is -0.457 e. The predicted octanol–water partition coefficient (Wildman–Crippen LogP) is 5.40. The summed E-state index contributed by atoms with van der Waals surface area (Å²) in [6.45, 7) is 0.773. The lowest BCUT2D eigenvalue weighted by Gasteiger charge is -2.13. The highest BCUT2D eigenvalue weighted by molar-refractivity contribution is 9.10. The molecule has 2 aromatic carbocycles. The number of hydrogen-bond acceptors (Lipinski definition) is 2. The fourth-order valence-electron chi connectivity index (χ4n) is 1.98. The van der Waals surface area contributed by atoms with Crippen LogP contribution >= 0.6 is 31.9 Å². The van der Waals surface area contributed by atoms with Gasteiger partial charge in [0.2, 0.25) is 0 Å². The molecular formula is C16H14Br2FNO. The summed E-state index contributed by atoms with van der Waals surface area (Å²) in [5, 5.41) is 3.47. The molecule has 1 fully saturated rings. The molecule has 3 rings (SSSR count). The molecule has 0 radical (unpaired) electrons. The zero-order chi connectivity index (χ0) is 14.8. The highest BCUT2D eigenvalue weighted by Crippen LogP contribution is 2.31. The Bertz CT molecular complexity index is 659. The van der Waals surface area contributed by atoms with Gasteiger partial charge in [0.05, 0.1) is 4.47 Å². The Labute approximate surface area is 140 Å². The third-order valence-corrected chi connectivity index (χ3v) is 4.41. The molecule has 2 nitrogen and oxygen atoms in total. The van der Waals surface area contributed by atoms with Crippen molar-refractivity contribution in [2.75, 3.05) is 0 Å². The molecule has 1 N–H and O–H groups in total. The monoisotopic (exact) mass is 413 g/mol. The van der Waals surface area contributed by atoms with Crippen molar-refractivity contribution in [1.82, 2.24) is 5.32 Å². The summed E-state index contributed by atoms with van der Waals surface area (Å²) >= 11 is 6.63. The van der Waals surface area contributed by atoms with Crippen LogP contribution in [-0.4, -0.2) is 6.04 Å². The molecule has 0 bridgehead atoms. The molecular weight excluding hydrogens is 401 g/mol. The summed E-state index contributed by atoms with van der Waals surface area (Å²) in [6.07, 6.45) is 2.50. The van der Waals surface area contributed by atoms with Gasteiger partial charge in [-0.1, -0.05) is 22.0 Å². The van der Waals surface area contributed by atoms with Gasteiger partial charge in [-0.3, -0.25) is 0 Å². The number of benzene rings is 2. The Hall–Kier alpha value is -0.910. The van der Waals surface area contributed by atoms with Gasteiger partial charge in [-0.2, -0.15) is 0 Å². The Morgan fingerprint density at radius 3 is 2.67 bits per heavy atom. The Morgan fingerprint density at radius 2 is 1.95 bits per heavy atom. The molecule has 0 unspecified atom stereocenters. The van der Waals surface area contributed by atoms with Crippen LogP contribution in [-0.2, 0) is 6.54 Å². The van der Waals surface area contributed by atoms with Crippen LogP contribution in [0, 0.1) is 5.82 Å². The zero-order valence-corrected chi connectivity index (χ0v) is 14.4. The highest BCUT2D eigenvalue weighted by atomic mass is 79.9. The summed E-state index contributed by atoms with van der Waals surface area (Å²) in [6, 6.07) is 11.3. The molecule has 1 aliphatic rings. The van der Waals surface area contributed by atoms with Gasteiger partial charge in [0.1, 0.15) is 17.3 Å². The molecule has 0 amide bonds. The lowest BCUT2D eigenvalue weighted by molar-refractivity contribution is 0.469. The molecule has 21 heavy (non-hydrogen) atoms. The topological polar surface area (TPSA) is 21.3 Å². The van der Waals surface area contributed by atoms with Crippen LogP contribution in [0.5, 0.6) is 11.5 Å². The largest absolute Gasteiger partial charge is 0.457 e. The van der Waals surface area contributed by atoms with Crippen LogP contribution < -0.4 is 10.1 Å². The van der Waals surface area contributed by atoms with Crippen LogP contribution in [0.2, 0.25) is 0 Å². The van der Waals surface area contributed by atoms with E-state index in [4.69, 9.17) is 4.74 Å². The van der Waals surface area contributed by atoms with Gasteiger partial charge in [-0.15, -0.1) is 0 Å². The van der Waals surface area contributed by atoms with E-state index in [1.54, 1.807) is 12.1 Å². The number of rotatable bonds is 5. The SMILES string of the molecule is Fc1ccc(Oc2cc(Br)ccc2CNC2CC2)cc1Br. The van der Waals surface area contributed by atoms with Crippen molar-refractivity contribution in [3.8, 4) is 11.5 Å². The summed E-state index contributed by atoms with van der Waals surface area (Å²) in [7, 11) is 0. The molecule has 0 saturated heterocycles. The van der Waals surface area contributed by atoms with Crippen LogP contribution in [0.15, 0.2) is 45.3 Å². The van der Waals surface area contributed by atoms with Crippen molar-refractivity contribution in [2.45, 2.75) is 25.4 Å². The van der Waals surface area contributed by atoms with E-state index in [9.17, 15) is 4.39 Å². The van der Waals surface area contributed by atoms with Gasteiger partial charge in [0, 0.05) is 22.6 Å². The van der Waals surface area contributed by atoms with Gasteiger partial charge in [0.25, 0.3) is 0 Å². The number of hydrogen-bond donors (Lipinski definition) is 1. The van der Waals surface area contributed by atoms with E-state index in [0.717, 1.165) is 22.3 Å². The second kappa shape index (κ2) is 6.46. The van der Waals surface area contributed by atoms with Gasteiger partial charge in [-0.25, -0.2) is 4.39 Å². The molecule has 1 saturated carbocycles. The van der Waals surface area contributed by atoms with E-state index in [2.05, 4.69) is 37.2 Å². The second-order valence-corrected chi connectivity index (χ2v) is 6.86. The van der Waals surface area contributed by atoms with Crippen LogP contribution in [0.4, 0.5) is 4.39 Å². The second-order valence-electron chi connectivity index (χ2n) is 5.09. The smallest absolute Gasteiger partial charge is 0.137 e. The molecule has 2 aromatic rings. The first-order valence-electron chi connectivity index (χ1n) is 6.76. The van der Waals surface area contributed by atoms with E-state index < -0.39 is 0 Å². The standard InChI is InChI=1S/C16H14Br2FNO/c17-11-2-1-10(9-20-12-3-4-12)16(7-11)21-13-5-6-15(19)14(18)8-13/h1-2,5-8,12,20H,3-4,9H2. The zero-order valence-electron chi connectivity index (χ0n) is 11.2. The summed E-state index contributed by atoms with van der Waals surface area (Å²) in [5.41, 5.74) is 1.09. The summed E-state index contributed by atoms with van der Waals surface area (Å²) < 4.78 is 20.5. The van der Waals surface area contributed by atoms with Gasteiger partial charge in [0.15, 0.2) is 0 Å². The predicted molar refractivity (Wildman–Crippen MR) is 88.2 cm³/mol. The minimum atomic E-state index is -0.299. The average molecular weight is 415 g/mol. The third kappa shape index (κ3) is 4.05. The van der Waals surface area contributed by atoms with E-state index >= 15 is 0 Å². The third-order valence-electron chi connectivity index (χ3n) is 3.31. The van der Waals surface area contributed by atoms with Crippen molar-refractivity contribution < 1.29 is 9.13 Å². The van der Waals surface area contributed by atoms with Gasteiger partial charge < -0.3 is 10.1 Å². The maximum atomic E-state index is 13.3. The van der Waals surface area contributed by atoms with Crippen molar-refractivity contribution in [3.05, 3.63) is 56.7 Å². The summed E-state index contributed by atoms with van der Waals surface area (Å²) in [4.78, 5) is 0. The van der Waals surface area contributed by atoms with E-state index in [1.807, 2.05) is 18.2 Å². The highest BCUT2D eigenvalue weighted by Gasteiger charge is 2.20. The van der Waals surface area contributed by atoms with Crippen LogP contribution in [0.1, 0.15) is 18.4 Å². The van der Waals surface area contributed by atoms with E-state index in [-0.39, 0.29) is 5.82 Å². The molecule has 0 heterocycles. The van der Waals surface area contributed by atoms with Gasteiger partial charge >= 0.3 is 0 Å². The van der Waals surface area contributed by atoms with E-state index in [0.29, 0.717) is 16.3 Å². The maximum absolute atomic E-state index is 13.3. The lowest BCUT2D eigenvalue weighted by atomic mass is 10.2. The first-order valence-corrected chi connectivity index (χ1v) is 8.35. The molecule has 110 valence electrons. The minimum absolute atomic E-state index is 0.299. The van der Waals surface area contributed by atoms with E-state index in [1.165, 1.54) is 18.9 Å². The molecule has 1 aliphatic carbocycles. The van der Waals surface area contributed by atoms with Crippen molar-refractivity contribution in [1.29, 1.82) is 0 Å². The molecule has 0 aliphatic heterocycles. The lowest BCUT2D eigenvalue weighted by Crippen LogP contribution is -2.15. The molecule has 5 heteroatoms. The Morgan fingerprint density at radius 1 is 1.14 bits per heavy atom. The fraction of sp³-hybridized carbons (Fsp3) is 0.250. The van der Waals surface area contributed by atoms with Crippen molar-refractivity contribution in [3.63, 3.8) is 0 Å². The van der Waals surface area contributed by atoms with Gasteiger partial charge in [-0.05, 0) is 59.1 Å². The number of ether oxygens (including phenoxy) is 1. The first kappa shape index (κ1) is 15.0. The number of halogens is 3. The first-order chi connectivity index (χ1) is 10.1. The van der Waals surface area contributed by atoms with Crippen molar-refractivity contribution >= 4 is 31.9 Å². The molecule has 0 aromatic heterocycles. The summed E-state index contributed by atoms with van der Waals surface area (Å²) in [5.74, 6) is 1.08. The fourth-order valence-corrected chi connectivity index (χ4v) is 2.68. The number of nitrogens with one attached hydrogen (secondary N) is 1. The van der Waals surface area contributed by atoms with Crippen LogP contribution in [0.25, 0.3) is 0 Å².